The molecule has 110 valence electrons. The van der Waals surface area contributed by atoms with Crippen LogP contribution in [-0.4, -0.2) is 54.0 Å². The molecular formula is C10H13N3O6S. The highest BCUT2D eigenvalue weighted by Crippen LogP contribution is 2.16. The third-order valence-electron chi connectivity index (χ3n) is 2.79. The van der Waals surface area contributed by atoms with Gasteiger partial charge in [0, 0.05) is 12.6 Å². The van der Waals surface area contributed by atoms with Gasteiger partial charge in [-0.25, -0.2) is 8.42 Å². The SMILES string of the molecule is Cc1cc(CS(=O)(=O)N2CC(=O)NCC2C(=O)O)no1. The Balaban J connectivity index is 2.25. The average Bonchev–Trinajstić information content (AvgIpc) is 2.73. The van der Waals surface area contributed by atoms with Gasteiger partial charge in [-0.3, -0.25) is 9.59 Å². The van der Waals surface area contributed by atoms with Crippen molar-refractivity contribution in [3.63, 3.8) is 0 Å². The van der Waals surface area contributed by atoms with Crippen LogP contribution < -0.4 is 5.32 Å². The molecule has 2 heterocycles. The van der Waals surface area contributed by atoms with Gasteiger partial charge < -0.3 is 14.9 Å². The van der Waals surface area contributed by atoms with E-state index in [0.717, 1.165) is 0 Å². The highest BCUT2D eigenvalue weighted by molar-refractivity contribution is 7.88. The van der Waals surface area contributed by atoms with Crippen LogP contribution in [0.1, 0.15) is 11.5 Å². The predicted molar refractivity (Wildman–Crippen MR) is 65.0 cm³/mol. The van der Waals surface area contributed by atoms with Gasteiger partial charge in [0.05, 0.1) is 6.54 Å². The number of piperazine rings is 1. The average molecular weight is 303 g/mol. The maximum atomic E-state index is 12.2. The lowest BCUT2D eigenvalue weighted by Crippen LogP contribution is -2.59. The first kappa shape index (κ1) is 14.5. The molecule has 2 N–H and O–H groups in total. The lowest BCUT2D eigenvalue weighted by atomic mass is 10.2. The van der Waals surface area contributed by atoms with Crippen LogP contribution in [0.5, 0.6) is 0 Å². The lowest BCUT2D eigenvalue weighted by molar-refractivity contribution is -0.143. The second-order valence-electron chi connectivity index (χ2n) is 4.39. The van der Waals surface area contributed by atoms with Gasteiger partial charge in [0.25, 0.3) is 0 Å². The first-order valence-electron chi connectivity index (χ1n) is 5.71. The van der Waals surface area contributed by atoms with E-state index in [4.69, 9.17) is 9.63 Å². The molecule has 9 nitrogen and oxygen atoms in total. The van der Waals surface area contributed by atoms with Crippen LogP contribution in [0.2, 0.25) is 0 Å². The number of carboxylic acids is 1. The first-order valence-corrected chi connectivity index (χ1v) is 7.32. The number of sulfonamides is 1. The Labute approximate surface area is 114 Å². The van der Waals surface area contributed by atoms with E-state index in [-0.39, 0.29) is 12.2 Å². The van der Waals surface area contributed by atoms with Gasteiger partial charge in [0.15, 0.2) is 0 Å². The maximum Gasteiger partial charge on any atom is 0.323 e. The van der Waals surface area contributed by atoms with Gasteiger partial charge in [0.1, 0.15) is 23.2 Å². The van der Waals surface area contributed by atoms with Crippen LogP contribution in [0.4, 0.5) is 0 Å². The first-order chi connectivity index (χ1) is 9.29. The number of hydrogen-bond acceptors (Lipinski definition) is 6. The summed E-state index contributed by atoms with van der Waals surface area (Å²) in [5, 5.41) is 14.9. The van der Waals surface area contributed by atoms with E-state index in [9.17, 15) is 18.0 Å². The van der Waals surface area contributed by atoms with Crippen LogP contribution in [0.3, 0.4) is 0 Å². The van der Waals surface area contributed by atoms with Crippen molar-refractivity contribution in [2.45, 2.75) is 18.7 Å². The summed E-state index contributed by atoms with van der Waals surface area (Å²) in [6.45, 7) is 0.832. The molecule has 1 aliphatic heterocycles. The third-order valence-corrected chi connectivity index (χ3v) is 4.55. The minimum absolute atomic E-state index is 0.164. The van der Waals surface area contributed by atoms with Crippen molar-refractivity contribution in [1.82, 2.24) is 14.8 Å². The minimum Gasteiger partial charge on any atom is -0.480 e. The smallest absolute Gasteiger partial charge is 0.323 e. The van der Waals surface area contributed by atoms with Gasteiger partial charge in [0.2, 0.25) is 15.9 Å². The molecule has 0 aliphatic carbocycles. The van der Waals surface area contributed by atoms with E-state index >= 15 is 0 Å². The van der Waals surface area contributed by atoms with Crippen molar-refractivity contribution >= 4 is 21.9 Å². The Morgan fingerprint density at radius 3 is 2.90 bits per heavy atom. The second kappa shape index (κ2) is 5.21. The van der Waals surface area contributed by atoms with E-state index in [1.807, 2.05) is 0 Å². The minimum atomic E-state index is -3.98. The second-order valence-corrected chi connectivity index (χ2v) is 6.31. The van der Waals surface area contributed by atoms with Gasteiger partial charge >= 0.3 is 5.97 Å². The van der Waals surface area contributed by atoms with Gasteiger partial charge in [-0.05, 0) is 6.92 Å². The Bertz CT molecular complexity index is 637. The summed E-state index contributed by atoms with van der Waals surface area (Å²) in [5.41, 5.74) is 0.164. The predicted octanol–water partition coefficient (Wildman–Crippen LogP) is -1.30. The number of carbonyl (C=O) groups excluding carboxylic acids is 1. The molecule has 0 spiro atoms. The fourth-order valence-corrected chi connectivity index (χ4v) is 3.42. The number of aliphatic carboxylic acids is 1. The molecule has 1 amide bonds. The molecule has 1 atom stereocenters. The van der Waals surface area contributed by atoms with Crippen LogP contribution in [0.15, 0.2) is 10.6 Å². The molecule has 1 saturated heterocycles. The van der Waals surface area contributed by atoms with E-state index in [1.54, 1.807) is 6.92 Å². The molecule has 1 unspecified atom stereocenters. The van der Waals surface area contributed by atoms with Crippen molar-refractivity contribution in [3.8, 4) is 0 Å². The van der Waals surface area contributed by atoms with Crippen LogP contribution in [0, 0.1) is 6.92 Å². The van der Waals surface area contributed by atoms with Crippen LogP contribution in [0.25, 0.3) is 0 Å². The summed E-state index contributed by atoms with van der Waals surface area (Å²) in [4.78, 5) is 22.4. The van der Waals surface area contributed by atoms with E-state index in [0.29, 0.717) is 10.1 Å². The number of amides is 1. The van der Waals surface area contributed by atoms with Crippen molar-refractivity contribution < 1.29 is 27.6 Å². The molecule has 10 heteroatoms. The summed E-state index contributed by atoms with van der Waals surface area (Å²) in [7, 11) is -3.98. The molecule has 0 radical (unpaired) electrons. The summed E-state index contributed by atoms with van der Waals surface area (Å²) in [5.74, 6) is -1.92. The summed E-state index contributed by atoms with van der Waals surface area (Å²) in [6.07, 6.45) is 0. The number of carboxylic acid groups (broad SMARTS) is 1. The number of aromatic nitrogens is 1. The normalized spacial score (nSPS) is 20.6. The summed E-state index contributed by atoms with van der Waals surface area (Å²) >= 11 is 0. The number of nitrogens with zero attached hydrogens (tertiary/aromatic N) is 2. The number of hydrogen-bond donors (Lipinski definition) is 2. The quantitative estimate of drug-likeness (QED) is 0.706. The zero-order chi connectivity index (χ0) is 14.9. The van der Waals surface area contributed by atoms with E-state index in [1.165, 1.54) is 6.07 Å². The molecular weight excluding hydrogens is 290 g/mol. The molecule has 1 aromatic rings. The molecule has 20 heavy (non-hydrogen) atoms. The fraction of sp³-hybridized carbons (Fsp3) is 0.500. The van der Waals surface area contributed by atoms with E-state index < -0.39 is 40.2 Å². The Kier molecular flexibility index (Phi) is 3.77. The lowest BCUT2D eigenvalue weighted by Gasteiger charge is -2.31. The van der Waals surface area contributed by atoms with Crippen LogP contribution >= 0.6 is 0 Å². The third kappa shape index (κ3) is 2.96. The largest absolute Gasteiger partial charge is 0.480 e. The Hall–Kier alpha value is -1.94. The van der Waals surface area contributed by atoms with Gasteiger partial charge in [-0.2, -0.15) is 4.31 Å². The van der Waals surface area contributed by atoms with Crippen molar-refractivity contribution in [3.05, 3.63) is 17.5 Å². The molecule has 0 bridgehead atoms. The van der Waals surface area contributed by atoms with Crippen LogP contribution in [-0.2, 0) is 25.4 Å². The zero-order valence-corrected chi connectivity index (χ0v) is 11.4. The fourth-order valence-electron chi connectivity index (χ4n) is 1.88. The van der Waals surface area contributed by atoms with Crippen molar-refractivity contribution in [1.29, 1.82) is 0 Å². The number of nitrogens with one attached hydrogen (secondary N) is 1. The molecule has 1 aromatic heterocycles. The number of carbonyl (C=O) groups is 2. The van der Waals surface area contributed by atoms with E-state index in [2.05, 4.69) is 10.5 Å². The molecule has 1 fully saturated rings. The van der Waals surface area contributed by atoms with Gasteiger partial charge in [-0.15, -0.1) is 0 Å². The zero-order valence-electron chi connectivity index (χ0n) is 10.6. The highest BCUT2D eigenvalue weighted by Gasteiger charge is 2.39. The number of aryl methyl sites for hydroxylation is 1. The Morgan fingerprint density at radius 2 is 2.35 bits per heavy atom. The topological polar surface area (TPSA) is 130 Å². The Morgan fingerprint density at radius 1 is 1.65 bits per heavy atom. The van der Waals surface area contributed by atoms with Crippen molar-refractivity contribution in [2.24, 2.45) is 0 Å². The standard InChI is InChI=1S/C10H13N3O6S/c1-6-2-7(12-19-6)5-20(17,18)13-4-9(14)11-3-8(13)10(15)16/h2,8H,3-5H2,1H3,(H,11,14)(H,15,16). The monoisotopic (exact) mass is 303 g/mol. The maximum absolute atomic E-state index is 12.2. The molecule has 1 aliphatic rings. The van der Waals surface area contributed by atoms with Crippen molar-refractivity contribution in [2.75, 3.05) is 13.1 Å². The number of rotatable bonds is 4. The summed E-state index contributed by atoms with van der Waals surface area (Å²) < 4.78 is 29.9. The highest BCUT2D eigenvalue weighted by atomic mass is 32.2. The molecule has 2 rings (SSSR count). The summed E-state index contributed by atoms with van der Waals surface area (Å²) in [6, 6.07) is 0.128. The molecule has 0 aromatic carbocycles. The molecule has 0 saturated carbocycles. The van der Waals surface area contributed by atoms with Gasteiger partial charge in [-0.1, -0.05) is 5.16 Å².